The fourth-order valence-corrected chi connectivity index (χ4v) is 2.42. The molecule has 5 aromatic rings. The van der Waals surface area contributed by atoms with E-state index >= 15 is 0 Å². The van der Waals surface area contributed by atoms with Gasteiger partial charge in [-0.2, -0.15) is 0 Å². The van der Waals surface area contributed by atoms with E-state index in [-0.39, 0.29) is 35.5 Å². The molecule has 3 aromatic heterocycles. The second-order valence-electron chi connectivity index (χ2n) is 5.85. The van der Waals surface area contributed by atoms with Crippen molar-refractivity contribution in [3.8, 4) is 23.4 Å². The number of aromatic nitrogens is 8. The molecule has 0 radical (unpaired) electrons. The SMILES string of the molecule is c1ccc(Nc2nnc(-c3nnc(-c4nnc(Nc5ccccc5)o4)nn3)o2)cc1. The van der Waals surface area contributed by atoms with E-state index in [4.69, 9.17) is 8.83 Å². The second-order valence-corrected chi connectivity index (χ2v) is 5.85. The van der Waals surface area contributed by atoms with Gasteiger partial charge in [0.05, 0.1) is 0 Å². The monoisotopic (exact) mass is 400 g/mol. The molecule has 146 valence electrons. The number of hydrogen-bond acceptors (Lipinski definition) is 12. The highest BCUT2D eigenvalue weighted by Crippen LogP contribution is 2.21. The van der Waals surface area contributed by atoms with E-state index in [0.29, 0.717) is 0 Å². The highest BCUT2D eigenvalue weighted by atomic mass is 16.4. The molecule has 0 bridgehead atoms. The van der Waals surface area contributed by atoms with E-state index in [0.717, 1.165) is 11.4 Å². The molecule has 0 saturated carbocycles. The molecule has 3 heterocycles. The van der Waals surface area contributed by atoms with E-state index in [1.54, 1.807) is 0 Å². The molecule has 0 fully saturated rings. The molecule has 2 aromatic carbocycles. The summed E-state index contributed by atoms with van der Waals surface area (Å²) in [6, 6.07) is 19.2. The quantitative estimate of drug-likeness (QED) is 0.430. The van der Waals surface area contributed by atoms with Crippen molar-refractivity contribution < 1.29 is 8.83 Å². The van der Waals surface area contributed by atoms with Crippen LogP contribution in [-0.2, 0) is 0 Å². The van der Waals surface area contributed by atoms with Gasteiger partial charge in [0, 0.05) is 11.4 Å². The molecule has 2 N–H and O–H groups in total. The van der Waals surface area contributed by atoms with Crippen molar-refractivity contribution in [2.24, 2.45) is 0 Å². The van der Waals surface area contributed by atoms with Crippen molar-refractivity contribution in [1.82, 2.24) is 40.8 Å². The molecule has 0 aliphatic heterocycles. The van der Waals surface area contributed by atoms with Gasteiger partial charge in [0.1, 0.15) is 0 Å². The third-order valence-corrected chi connectivity index (χ3v) is 3.76. The van der Waals surface area contributed by atoms with E-state index in [9.17, 15) is 0 Å². The van der Waals surface area contributed by atoms with Gasteiger partial charge in [0.2, 0.25) is 0 Å². The molecule has 5 rings (SSSR count). The third kappa shape index (κ3) is 3.77. The lowest BCUT2D eigenvalue weighted by Crippen LogP contribution is -1.99. The number of rotatable bonds is 6. The van der Waals surface area contributed by atoms with Crippen LogP contribution in [0.2, 0.25) is 0 Å². The number of nitrogens with one attached hydrogen (secondary N) is 2. The van der Waals surface area contributed by atoms with Crippen LogP contribution in [0.15, 0.2) is 69.5 Å². The van der Waals surface area contributed by atoms with Gasteiger partial charge in [0.25, 0.3) is 23.4 Å². The van der Waals surface area contributed by atoms with Crippen LogP contribution in [0.25, 0.3) is 23.4 Å². The van der Waals surface area contributed by atoms with Crippen molar-refractivity contribution in [2.75, 3.05) is 10.6 Å². The number of nitrogens with zero attached hydrogens (tertiary/aromatic N) is 8. The zero-order valence-corrected chi connectivity index (χ0v) is 15.2. The van der Waals surface area contributed by atoms with Crippen LogP contribution in [0.4, 0.5) is 23.4 Å². The smallest absolute Gasteiger partial charge is 0.320 e. The van der Waals surface area contributed by atoms with Gasteiger partial charge in [-0.1, -0.05) is 46.6 Å². The Morgan fingerprint density at radius 3 is 1.27 bits per heavy atom. The standard InChI is InChI=1S/C18H12N10O2/c1-3-7-11(8-4-1)19-17-27-25-15(29-17)13-21-23-14(24-22-13)16-26-28-18(30-16)20-12-9-5-2-6-10-12/h1-10H,(H,19,27)(H,20,28). The molecule has 0 unspecified atom stereocenters. The minimum absolute atomic E-state index is 0.0644. The molecule has 0 atom stereocenters. The van der Waals surface area contributed by atoms with Crippen molar-refractivity contribution in [3.05, 3.63) is 60.7 Å². The molecule has 0 amide bonds. The van der Waals surface area contributed by atoms with E-state index in [1.165, 1.54) is 0 Å². The molecule has 0 aliphatic rings. The summed E-state index contributed by atoms with van der Waals surface area (Å²) in [7, 11) is 0. The van der Waals surface area contributed by atoms with Crippen LogP contribution in [0.5, 0.6) is 0 Å². The zero-order chi connectivity index (χ0) is 20.2. The topological polar surface area (TPSA) is 153 Å². The fraction of sp³-hybridized carbons (Fsp3) is 0. The Kier molecular flexibility index (Phi) is 4.46. The largest absolute Gasteiger partial charge is 0.400 e. The van der Waals surface area contributed by atoms with Crippen LogP contribution in [0, 0.1) is 0 Å². The van der Waals surface area contributed by atoms with Crippen LogP contribution in [-0.4, -0.2) is 40.8 Å². The lowest BCUT2D eigenvalue weighted by Gasteiger charge is -1.99. The van der Waals surface area contributed by atoms with Gasteiger partial charge >= 0.3 is 12.0 Å². The maximum Gasteiger partial charge on any atom is 0.320 e. The third-order valence-electron chi connectivity index (χ3n) is 3.76. The summed E-state index contributed by atoms with van der Waals surface area (Å²) < 4.78 is 11.0. The first kappa shape index (κ1) is 17.4. The summed E-state index contributed by atoms with van der Waals surface area (Å²) in [4.78, 5) is 0. The molecule has 0 saturated heterocycles. The summed E-state index contributed by atoms with van der Waals surface area (Å²) in [5.74, 6) is 0.262. The van der Waals surface area contributed by atoms with Crippen LogP contribution < -0.4 is 10.6 Å². The summed E-state index contributed by atoms with van der Waals surface area (Å²) in [6.07, 6.45) is 0. The Morgan fingerprint density at radius 1 is 0.467 bits per heavy atom. The van der Waals surface area contributed by atoms with Crippen LogP contribution in [0.1, 0.15) is 0 Å². The first-order valence-electron chi connectivity index (χ1n) is 8.73. The number of benzene rings is 2. The Hall–Kier alpha value is -4.74. The van der Waals surface area contributed by atoms with Gasteiger partial charge in [-0.3, -0.25) is 0 Å². The van der Waals surface area contributed by atoms with Gasteiger partial charge < -0.3 is 19.5 Å². The maximum absolute atomic E-state index is 5.49. The lowest BCUT2D eigenvalue weighted by atomic mass is 10.3. The van der Waals surface area contributed by atoms with E-state index < -0.39 is 0 Å². The first-order valence-corrected chi connectivity index (χ1v) is 8.73. The molecular weight excluding hydrogens is 388 g/mol. The minimum atomic E-state index is 0.0644. The fourth-order valence-electron chi connectivity index (χ4n) is 2.42. The van der Waals surface area contributed by atoms with Crippen molar-refractivity contribution >= 4 is 23.4 Å². The van der Waals surface area contributed by atoms with Crippen molar-refractivity contribution in [3.63, 3.8) is 0 Å². The average Bonchev–Trinajstić information content (AvgIpc) is 3.45. The second kappa shape index (κ2) is 7.71. The highest BCUT2D eigenvalue weighted by Gasteiger charge is 2.17. The predicted octanol–water partition coefficient (Wildman–Crippen LogP) is 2.85. The van der Waals surface area contributed by atoms with Crippen LogP contribution >= 0.6 is 0 Å². The molecule has 0 aliphatic carbocycles. The zero-order valence-electron chi connectivity index (χ0n) is 15.2. The van der Waals surface area contributed by atoms with Gasteiger partial charge in [0.15, 0.2) is 0 Å². The van der Waals surface area contributed by atoms with Gasteiger partial charge in [-0.05, 0) is 24.3 Å². The Morgan fingerprint density at radius 2 is 0.867 bits per heavy atom. The van der Waals surface area contributed by atoms with Crippen molar-refractivity contribution in [2.45, 2.75) is 0 Å². The molecule has 30 heavy (non-hydrogen) atoms. The van der Waals surface area contributed by atoms with Crippen LogP contribution in [0.3, 0.4) is 0 Å². The number of para-hydroxylation sites is 2. The highest BCUT2D eigenvalue weighted by molar-refractivity contribution is 5.53. The van der Waals surface area contributed by atoms with Crippen molar-refractivity contribution in [1.29, 1.82) is 0 Å². The summed E-state index contributed by atoms with van der Waals surface area (Å²) in [6.45, 7) is 0. The Bertz CT molecular complexity index is 1140. The average molecular weight is 400 g/mol. The molecule has 12 nitrogen and oxygen atoms in total. The minimum Gasteiger partial charge on any atom is -0.400 e. The number of anilines is 4. The number of hydrogen-bond donors (Lipinski definition) is 2. The normalized spacial score (nSPS) is 10.7. The first-order chi connectivity index (χ1) is 14.8. The molecule has 0 spiro atoms. The molecular formula is C18H12N10O2. The van der Waals surface area contributed by atoms with E-state index in [2.05, 4.69) is 51.4 Å². The summed E-state index contributed by atoms with van der Waals surface area (Å²) in [5, 5.41) is 37.3. The lowest BCUT2D eigenvalue weighted by molar-refractivity contribution is 0.568. The Labute approximate surface area is 168 Å². The predicted molar refractivity (Wildman–Crippen MR) is 104 cm³/mol. The Balaban J connectivity index is 1.29. The van der Waals surface area contributed by atoms with E-state index in [1.807, 2.05) is 60.7 Å². The summed E-state index contributed by atoms with van der Waals surface area (Å²) >= 11 is 0. The van der Waals surface area contributed by atoms with Gasteiger partial charge in [-0.25, -0.2) is 0 Å². The molecule has 12 heteroatoms. The van der Waals surface area contributed by atoms with Gasteiger partial charge in [-0.15, -0.1) is 30.6 Å². The summed E-state index contributed by atoms with van der Waals surface area (Å²) in [5.41, 5.74) is 1.60. The maximum atomic E-state index is 5.49.